The molecule has 0 saturated heterocycles. The van der Waals surface area contributed by atoms with Crippen LogP contribution in [0.3, 0.4) is 0 Å². The highest BCUT2D eigenvalue weighted by Crippen LogP contribution is 2.29. The number of aryl methyl sites for hydroxylation is 1. The van der Waals surface area contributed by atoms with Gasteiger partial charge in [-0.05, 0) is 30.5 Å². The van der Waals surface area contributed by atoms with Crippen LogP contribution in [0.1, 0.15) is 25.2 Å². The molecule has 1 aromatic rings. The molecule has 1 unspecified atom stereocenters. The van der Waals surface area contributed by atoms with Crippen molar-refractivity contribution in [2.45, 2.75) is 31.9 Å². The Hall–Kier alpha value is -2.09. The molecule has 0 spiro atoms. The number of nitrogens with one attached hydrogen (secondary N) is 1. The summed E-state index contributed by atoms with van der Waals surface area (Å²) in [5.74, 6) is -3.45. The number of halogens is 3. The smallest absolute Gasteiger partial charge is 0.281 e. The van der Waals surface area contributed by atoms with Gasteiger partial charge < -0.3 is 0 Å². The first kappa shape index (κ1) is 20.2. The zero-order valence-corrected chi connectivity index (χ0v) is 15.5. The summed E-state index contributed by atoms with van der Waals surface area (Å²) in [5, 5.41) is -0.915. The van der Waals surface area contributed by atoms with Crippen LogP contribution in [0, 0.1) is 12.8 Å². The topological polar surface area (TPSA) is 59.1 Å². The Bertz CT molecular complexity index is 859. The van der Waals surface area contributed by atoms with Crippen LogP contribution in [0.5, 0.6) is 0 Å². The predicted octanol–water partition coefficient (Wildman–Crippen LogP) is 4.27. The van der Waals surface area contributed by atoms with Gasteiger partial charge in [0.05, 0.1) is 11.4 Å². The minimum Gasteiger partial charge on any atom is -0.281 e. The maximum Gasteiger partial charge on any atom is 0.317 e. The molecule has 1 heterocycles. The second kappa shape index (κ2) is 7.65. The Morgan fingerprint density at radius 1 is 1.27 bits per heavy atom. The van der Waals surface area contributed by atoms with Gasteiger partial charge in [0.2, 0.25) is 10.0 Å². The molecule has 0 radical (unpaired) electrons. The van der Waals surface area contributed by atoms with Crippen LogP contribution in [0.2, 0.25) is 0 Å². The first-order chi connectivity index (χ1) is 12.1. The third-order valence-corrected chi connectivity index (χ3v) is 5.51. The van der Waals surface area contributed by atoms with Crippen molar-refractivity contribution in [2.24, 2.45) is 5.92 Å². The summed E-state index contributed by atoms with van der Waals surface area (Å²) in [6.07, 6.45) is 8.37. The number of rotatable bonds is 6. The highest BCUT2D eigenvalue weighted by atomic mass is 32.2. The van der Waals surface area contributed by atoms with Crippen LogP contribution in [0.4, 0.5) is 18.9 Å². The quantitative estimate of drug-likeness (QED) is 0.794. The lowest BCUT2D eigenvalue weighted by Crippen LogP contribution is -2.25. The van der Waals surface area contributed by atoms with Crippen molar-refractivity contribution in [2.75, 3.05) is 11.4 Å². The molecular formula is C18H21F3N2O2S. The lowest BCUT2D eigenvalue weighted by Gasteiger charge is -2.16. The molecule has 1 aromatic heterocycles. The number of hydrogen-bond donors (Lipinski definition) is 1. The van der Waals surface area contributed by atoms with Crippen LogP contribution in [-0.4, -0.2) is 25.3 Å². The molecule has 1 aliphatic rings. The molecule has 1 N–H and O–H groups in total. The van der Waals surface area contributed by atoms with Crippen molar-refractivity contribution in [3.63, 3.8) is 0 Å². The van der Waals surface area contributed by atoms with Crippen molar-refractivity contribution in [3.05, 3.63) is 59.5 Å². The van der Waals surface area contributed by atoms with Gasteiger partial charge in [0.25, 0.3) is 0 Å². The molecular weight excluding hydrogens is 365 g/mol. The Morgan fingerprint density at radius 3 is 2.54 bits per heavy atom. The van der Waals surface area contributed by atoms with E-state index in [1.165, 1.54) is 19.1 Å². The molecule has 0 saturated carbocycles. The van der Waals surface area contributed by atoms with Gasteiger partial charge in [0.1, 0.15) is 10.9 Å². The first-order valence-corrected chi connectivity index (χ1v) is 9.61. The van der Waals surface area contributed by atoms with E-state index in [0.717, 1.165) is 11.6 Å². The summed E-state index contributed by atoms with van der Waals surface area (Å²) in [6, 6.07) is 2.09. The molecule has 0 fully saturated rings. The molecule has 26 heavy (non-hydrogen) atoms. The normalized spacial score (nSPS) is 18.0. The first-order valence-electron chi connectivity index (χ1n) is 8.07. The third-order valence-electron chi connectivity index (χ3n) is 3.97. The fourth-order valence-electron chi connectivity index (χ4n) is 2.36. The maximum absolute atomic E-state index is 13.4. The lowest BCUT2D eigenvalue weighted by molar-refractivity contribution is -0.0322. The number of anilines is 1. The van der Waals surface area contributed by atoms with E-state index in [9.17, 15) is 21.6 Å². The van der Waals surface area contributed by atoms with E-state index in [0.29, 0.717) is 0 Å². The minimum atomic E-state index is -3.84. The van der Waals surface area contributed by atoms with E-state index in [-0.39, 0.29) is 17.3 Å². The number of sulfonamides is 1. The highest BCUT2D eigenvalue weighted by molar-refractivity contribution is 7.93. The maximum atomic E-state index is 13.4. The number of nitrogens with zero attached hydrogens (tertiary/aromatic N) is 1. The van der Waals surface area contributed by atoms with Crippen LogP contribution in [0.25, 0.3) is 0 Å². The van der Waals surface area contributed by atoms with Crippen LogP contribution < -0.4 is 4.72 Å². The van der Waals surface area contributed by atoms with Gasteiger partial charge in [-0.2, -0.15) is 8.78 Å². The number of aromatic nitrogens is 1. The van der Waals surface area contributed by atoms with E-state index in [1.54, 1.807) is 18.2 Å². The predicted molar refractivity (Wildman–Crippen MR) is 96.4 cm³/mol. The Balaban J connectivity index is 2.24. The van der Waals surface area contributed by atoms with E-state index >= 15 is 0 Å². The fraction of sp³-hybridized carbons (Fsp3) is 0.389. The zero-order valence-electron chi connectivity index (χ0n) is 14.7. The number of allylic oxidation sites excluding steroid dienone is 4. The van der Waals surface area contributed by atoms with Gasteiger partial charge in [-0.3, -0.25) is 4.72 Å². The van der Waals surface area contributed by atoms with Gasteiger partial charge in [0, 0.05) is 0 Å². The van der Waals surface area contributed by atoms with Gasteiger partial charge in [0.15, 0.2) is 6.67 Å². The van der Waals surface area contributed by atoms with Gasteiger partial charge in [-0.1, -0.05) is 44.2 Å². The van der Waals surface area contributed by atoms with Crippen LogP contribution in [-0.2, 0) is 15.9 Å². The van der Waals surface area contributed by atoms with Crippen molar-refractivity contribution >= 4 is 15.7 Å². The van der Waals surface area contributed by atoms with Crippen molar-refractivity contribution in [3.8, 4) is 0 Å². The second-order valence-electron chi connectivity index (χ2n) is 6.34. The van der Waals surface area contributed by atoms with Crippen molar-refractivity contribution in [1.29, 1.82) is 0 Å². The summed E-state index contributed by atoms with van der Waals surface area (Å²) < 4.78 is 66.7. The number of pyridine rings is 1. The lowest BCUT2D eigenvalue weighted by atomic mass is 10.0. The Morgan fingerprint density at radius 2 is 1.96 bits per heavy atom. The summed E-state index contributed by atoms with van der Waals surface area (Å²) in [4.78, 5) is 3.64. The Labute approximate surface area is 151 Å². The fourth-order valence-corrected chi connectivity index (χ4v) is 3.60. The largest absolute Gasteiger partial charge is 0.317 e. The average molecular weight is 386 g/mol. The third kappa shape index (κ3) is 4.55. The van der Waals surface area contributed by atoms with E-state index in [2.05, 4.69) is 9.71 Å². The van der Waals surface area contributed by atoms with E-state index < -0.39 is 33.6 Å². The second-order valence-corrected chi connectivity index (χ2v) is 8.18. The summed E-state index contributed by atoms with van der Waals surface area (Å²) in [7, 11) is -3.84. The highest BCUT2D eigenvalue weighted by Gasteiger charge is 2.34. The zero-order chi connectivity index (χ0) is 19.5. The van der Waals surface area contributed by atoms with Crippen molar-refractivity contribution < 1.29 is 21.6 Å². The molecule has 2 rings (SSSR count). The molecule has 142 valence electrons. The molecule has 0 bridgehead atoms. The molecule has 0 amide bonds. The summed E-state index contributed by atoms with van der Waals surface area (Å²) in [6.45, 7) is 3.52. The molecule has 0 aliphatic heterocycles. The standard InChI is InChI=1S/C18H21F3N2O2S/c1-12(2)14-5-4-6-15(8-7-14)26(24,25)23-16-9-10-17(22-13(16)3)18(20,21)11-19/h4-10,12,15,23H,11H2,1-3H3. The van der Waals surface area contributed by atoms with E-state index in [1.807, 2.05) is 19.9 Å². The summed E-state index contributed by atoms with van der Waals surface area (Å²) in [5.41, 5.74) is 0.378. The minimum absolute atomic E-state index is 0.0433. The Kier molecular flexibility index (Phi) is 5.95. The van der Waals surface area contributed by atoms with Gasteiger partial charge >= 0.3 is 5.92 Å². The number of hydrogen-bond acceptors (Lipinski definition) is 3. The van der Waals surface area contributed by atoms with Crippen LogP contribution >= 0.6 is 0 Å². The average Bonchev–Trinajstić information content (AvgIpc) is 2.83. The van der Waals surface area contributed by atoms with Gasteiger partial charge in [-0.25, -0.2) is 17.8 Å². The van der Waals surface area contributed by atoms with E-state index in [4.69, 9.17) is 0 Å². The molecule has 4 nitrogen and oxygen atoms in total. The number of alkyl halides is 3. The monoisotopic (exact) mass is 386 g/mol. The summed E-state index contributed by atoms with van der Waals surface area (Å²) >= 11 is 0. The van der Waals surface area contributed by atoms with Gasteiger partial charge in [-0.15, -0.1) is 0 Å². The SMILES string of the molecule is Cc1nc(C(F)(F)CF)ccc1NS(=O)(=O)C1C=CC=C(C(C)C)C=C1. The van der Waals surface area contributed by atoms with Crippen molar-refractivity contribution in [1.82, 2.24) is 4.98 Å². The molecule has 0 aromatic carbocycles. The van der Waals surface area contributed by atoms with Crippen LogP contribution in [0.15, 0.2) is 48.1 Å². The molecule has 1 atom stereocenters. The molecule has 1 aliphatic carbocycles. The molecule has 8 heteroatoms.